The topological polar surface area (TPSA) is 3.88 Å². The van der Waals surface area contributed by atoms with Crippen LogP contribution in [0, 0.1) is 0 Å². The highest BCUT2D eigenvalue weighted by molar-refractivity contribution is 7.17. The van der Waals surface area contributed by atoms with E-state index in [1.807, 2.05) is 11.3 Å². The van der Waals surface area contributed by atoms with Gasteiger partial charge in [0.05, 0.1) is 10.9 Å². The Balaban J connectivity index is 1.97. The van der Waals surface area contributed by atoms with E-state index in [1.165, 1.54) is 32.5 Å². The number of benzene rings is 1. The first-order valence-corrected chi connectivity index (χ1v) is 7.95. The molecule has 0 radical (unpaired) electrons. The predicted octanol–water partition coefficient (Wildman–Crippen LogP) is 4.52. The van der Waals surface area contributed by atoms with Crippen molar-refractivity contribution in [3.63, 3.8) is 0 Å². The lowest BCUT2D eigenvalue weighted by atomic mass is 9.85. The van der Waals surface area contributed by atoms with Crippen LogP contribution in [-0.4, -0.2) is 0 Å². The molecule has 20 heavy (non-hydrogen) atoms. The number of thiophene rings is 1. The molecule has 0 fully saturated rings. The molecule has 1 aliphatic rings. The normalized spacial score (nSPS) is 13.6. The van der Waals surface area contributed by atoms with Crippen LogP contribution in [0.3, 0.4) is 0 Å². The maximum Gasteiger partial charge on any atom is 0.222 e. The van der Waals surface area contributed by atoms with Crippen molar-refractivity contribution in [1.29, 1.82) is 0 Å². The number of pyridine rings is 1. The third kappa shape index (κ3) is 1.64. The van der Waals surface area contributed by atoms with Crippen molar-refractivity contribution in [2.24, 2.45) is 0 Å². The molecule has 2 heteroatoms. The highest BCUT2D eigenvalue weighted by Gasteiger charge is 2.29. The van der Waals surface area contributed by atoms with Crippen LogP contribution in [0.25, 0.3) is 21.3 Å². The summed E-state index contributed by atoms with van der Waals surface area (Å²) in [5.74, 6) is 0. The molecule has 1 aromatic carbocycles. The summed E-state index contributed by atoms with van der Waals surface area (Å²) in [7, 11) is 0. The summed E-state index contributed by atoms with van der Waals surface area (Å²) in [6, 6.07) is 11.5. The molecule has 0 amide bonds. The summed E-state index contributed by atoms with van der Waals surface area (Å²) < 4.78 is 3.76. The second kappa shape index (κ2) is 3.92. The number of hydrogen-bond acceptors (Lipinski definition) is 1. The lowest BCUT2D eigenvalue weighted by molar-refractivity contribution is -0.670. The van der Waals surface area contributed by atoms with Crippen LogP contribution < -0.4 is 4.57 Å². The molecule has 2 aromatic heterocycles. The molecule has 4 rings (SSSR count). The third-order valence-electron chi connectivity index (χ3n) is 4.21. The van der Waals surface area contributed by atoms with E-state index in [9.17, 15) is 0 Å². The molecule has 100 valence electrons. The SMILES string of the molecule is CC(C)(C)c1ccc2c(c1)C[n+]1ccc3sccc3c1-2. The van der Waals surface area contributed by atoms with Gasteiger partial charge < -0.3 is 0 Å². The maximum absolute atomic E-state index is 2.39. The Bertz CT molecular complexity index is 821. The first-order chi connectivity index (χ1) is 9.54. The molecule has 0 saturated heterocycles. The van der Waals surface area contributed by atoms with Crippen LogP contribution >= 0.6 is 11.3 Å². The van der Waals surface area contributed by atoms with E-state index in [4.69, 9.17) is 0 Å². The summed E-state index contributed by atoms with van der Waals surface area (Å²) in [5, 5.41) is 3.58. The van der Waals surface area contributed by atoms with E-state index < -0.39 is 0 Å². The second-order valence-electron chi connectivity index (χ2n) is 6.61. The van der Waals surface area contributed by atoms with Crippen molar-refractivity contribution >= 4 is 21.4 Å². The fourth-order valence-electron chi connectivity index (χ4n) is 3.07. The van der Waals surface area contributed by atoms with Crippen molar-refractivity contribution in [3.8, 4) is 11.3 Å². The lowest BCUT2D eigenvalue weighted by Crippen LogP contribution is -2.31. The Labute approximate surface area is 123 Å². The average Bonchev–Trinajstić information content (AvgIpc) is 2.99. The Morgan fingerprint density at radius 1 is 1.10 bits per heavy atom. The van der Waals surface area contributed by atoms with Gasteiger partial charge in [-0.2, -0.15) is 4.57 Å². The maximum atomic E-state index is 2.39. The quantitative estimate of drug-likeness (QED) is 0.417. The highest BCUT2D eigenvalue weighted by atomic mass is 32.1. The van der Waals surface area contributed by atoms with Gasteiger partial charge in [0, 0.05) is 16.3 Å². The summed E-state index contributed by atoms with van der Waals surface area (Å²) in [4.78, 5) is 0. The highest BCUT2D eigenvalue weighted by Crippen LogP contribution is 2.36. The van der Waals surface area contributed by atoms with Gasteiger partial charge in [-0.1, -0.05) is 26.8 Å². The molecule has 0 spiro atoms. The number of hydrogen-bond donors (Lipinski definition) is 0. The van der Waals surface area contributed by atoms with Gasteiger partial charge in [0.1, 0.15) is 0 Å². The molecule has 3 aromatic rings. The Kier molecular flexibility index (Phi) is 2.37. The van der Waals surface area contributed by atoms with Gasteiger partial charge >= 0.3 is 0 Å². The van der Waals surface area contributed by atoms with Crippen LogP contribution in [0.4, 0.5) is 0 Å². The molecular formula is C18H18NS+. The summed E-state index contributed by atoms with van der Waals surface area (Å²) in [5.41, 5.74) is 5.88. The number of nitrogens with zero attached hydrogens (tertiary/aromatic N) is 1. The first-order valence-electron chi connectivity index (χ1n) is 7.07. The van der Waals surface area contributed by atoms with Gasteiger partial charge in [0.2, 0.25) is 5.69 Å². The minimum atomic E-state index is 0.214. The van der Waals surface area contributed by atoms with Gasteiger partial charge in [-0.15, -0.1) is 11.3 Å². The predicted molar refractivity (Wildman–Crippen MR) is 85.3 cm³/mol. The second-order valence-corrected chi connectivity index (χ2v) is 7.56. The first kappa shape index (κ1) is 12.1. The Morgan fingerprint density at radius 3 is 2.75 bits per heavy atom. The van der Waals surface area contributed by atoms with E-state index in [-0.39, 0.29) is 5.41 Å². The zero-order valence-electron chi connectivity index (χ0n) is 12.1. The Hall–Kier alpha value is -1.67. The van der Waals surface area contributed by atoms with Crippen molar-refractivity contribution in [2.75, 3.05) is 0 Å². The number of aromatic nitrogens is 1. The zero-order valence-corrected chi connectivity index (χ0v) is 12.9. The van der Waals surface area contributed by atoms with Crippen molar-refractivity contribution < 1.29 is 4.57 Å². The molecule has 3 heterocycles. The van der Waals surface area contributed by atoms with E-state index in [0.717, 1.165) is 6.54 Å². The fourth-order valence-corrected chi connectivity index (χ4v) is 3.85. The molecule has 0 aliphatic carbocycles. The van der Waals surface area contributed by atoms with E-state index in [0.29, 0.717) is 0 Å². The van der Waals surface area contributed by atoms with Crippen molar-refractivity contribution in [2.45, 2.75) is 32.7 Å². The molecular weight excluding hydrogens is 262 g/mol. The molecule has 0 saturated carbocycles. The lowest BCUT2D eigenvalue weighted by Gasteiger charge is -2.19. The van der Waals surface area contributed by atoms with E-state index >= 15 is 0 Å². The largest absolute Gasteiger partial charge is 0.222 e. The van der Waals surface area contributed by atoms with Gasteiger partial charge in [0.25, 0.3) is 0 Å². The van der Waals surface area contributed by atoms with Crippen molar-refractivity contribution in [3.05, 3.63) is 53.0 Å². The summed E-state index contributed by atoms with van der Waals surface area (Å²) in [6.07, 6.45) is 2.23. The molecule has 0 unspecified atom stereocenters. The zero-order chi connectivity index (χ0) is 13.9. The van der Waals surface area contributed by atoms with Gasteiger partial charge in [-0.25, -0.2) is 0 Å². The van der Waals surface area contributed by atoms with E-state index in [1.54, 1.807) is 0 Å². The fraction of sp³-hybridized carbons (Fsp3) is 0.278. The molecule has 1 nitrogen and oxygen atoms in total. The van der Waals surface area contributed by atoms with Crippen LogP contribution in [0.2, 0.25) is 0 Å². The van der Waals surface area contributed by atoms with Crippen LogP contribution in [-0.2, 0) is 12.0 Å². The molecule has 0 bridgehead atoms. The third-order valence-corrected chi connectivity index (χ3v) is 5.09. The summed E-state index contributed by atoms with van der Waals surface area (Å²) >= 11 is 1.82. The average molecular weight is 280 g/mol. The smallest absolute Gasteiger partial charge is 0.193 e. The standard InChI is InChI=1S/C18H18NS/c1-18(2,3)13-4-5-14-12(10-13)11-19-8-6-16-15(17(14)19)7-9-20-16/h4-10H,11H2,1-3H3/q+1. The molecule has 1 aliphatic heterocycles. The van der Waals surface area contributed by atoms with E-state index in [2.05, 4.69) is 67.2 Å². The minimum Gasteiger partial charge on any atom is -0.193 e. The number of rotatable bonds is 0. The Morgan fingerprint density at radius 2 is 1.95 bits per heavy atom. The monoisotopic (exact) mass is 280 g/mol. The van der Waals surface area contributed by atoms with Crippen LogP contribution in [0.15, 0.2) is 41.9 Å². The molecule has 0 N–H and O–H groups in total. The van der Waals surface area contributed by atoms with Gasteiger partial charge in [0.15, 0.2) is 12.7 Å². The summed E-state index contributed by atoms with van der Waals surface area (Å²) in [6.45, 7) is 7.84. The molecule has 0 atom stereocenters. The number of fused-ring (bicyclic) bond motifs is 5. The van der Waals surface area contributed by atoms with Crippen LogP contribution in [0.1, 0.15) is 31.9 Å². The minimum absolute atomic E-state index is 0.214. The van der Waals surface area contributed by atoms with Crippen molar-refractivity contribution in [1.82, 2.24) is 0 Å². The van der Waals surface area contributed by atoms with Crippen LogP contribution in [0.5, 0.6) is 0 Å². The van der Waals surface area contributed by atoms with Gasteiger partial charge in [-0.3, -0.25) is 0 Å². The van der Waals surface area contributed by atoms with Gasteiger partial charge in [-0.05, 0) is 34.6 Å².